The Morgan fingerprint density at radius 2 is 1.86 bits per heavy atom. The van der Waals surface area contributed by atoms with E-state index in [1.165, 1.54) is 0 Å². The SMILES string of the molecule is CCOc1ccc(CCNC(=O)c2ccc(C[S@@](=O)c3ccccc3Cl)o2)cc1. The molecule has 3 aromatic rings. The van der Waals surface area contributed by atoms with Crippen molar-refractivity contribution >= 4 is 28.3 Å². The van der Waals surface area contributed by atoms with Gasteiger partial charge in [-0.05, 0) is 55.3 Å². The van der Waals surface area contributed by atoms with Crippen molar-refractivity contribution in [1.82, 2.24) is 5.32 Å². The predicted molar refractivity (Wildman–Crippen MR) is 114 cm³/mol. The van der Waals surface area contributed by atoms with Crippen LogP contribution < -0.4 is 10.1 Å². The van der Waals surface area contributed by atoms with Crippen molar-refractivity contribution in [3.8, 4) is 5.75 Å². The Bertz CT molecular complexity index is 984. The van der Waals surface area contributed by atoms with Crippen LogP contribution in [0.25, 0.3) is 0 Å². The number of hydrogen-bond acceptors (Lipinski definition) is 4. The van der Waals surface area contributed by atoms with Crippen LogP contribution in [0.5, 0.6) is 5.75 Å². The summed E-state index contributed by atoms with van der Waals surface area (Å²) < 4.78 is 23.4. The van der Waals surface area contributed by atoms with Crippen LogP contribution in [0.4, 0.5) is 0 Å². The van der Waals surface area contributed by atoms with E-state index in [-0.39, 0.29) is 17.4 Å². The highest BCUT2D eigenvalue weighted by atomic mass is 35.5. The van der Waals surface area contributed by atoms with E-state index in [0.717, 1.165) is 11.3 Å². The molecule has 7 heteroatoms. The number of ether oxygens (including phenoxy) is 1. The normalized spacial score (nSPS) is 11.8. The molecule has 5 nitrogen and oxygen atoms in total. The molecule has 3 rings (SSSR count). The molecule has 0 spiro atoms. The Labute approximate surface area is 177 Å². The summed E-state index contributed by atoms with van der Waals surface area (Å²) in [6.45, 7) is 3.05. The maximum Gasteiger partial charge on any atom is 0.287 e. The molecular weight excluding hydrogens is 410 g/mol. The van der Waals surface area contributed by atoms with Gasteiger partial charge in [0.15, 0.2) is 5.76 Å². The Kier molecular flexibility index (Phi) is 7.49. The summed E-state index contributed by atoms with van der Waals surface area (Å²) in [5, 5.41) is 3.28. The van der Waals surface area contributed by atoms with Gasteiger partial charge in [0.1, 0.15) is 11.5 Å². The molecule has 1 aromatic heterocycles. The van der Waals surface area contributed by atoms with E-state index in [2.05, 4.69) is 5.32 Å². The lowest BCUT2D eigenvalue weighted by Gasteiger charge is -2.06. The minimum absolute atomic E-state index is 0.156. The zero-order valence-corrected chi connectivity index (χ0v) is 17.6. The van der Waals surface area contributed by atoms with E-state index < -0.39 is 10.8 Å². The highest BCUT2D eigenvalue weighted by molar-refractivity contribution is 7.84. The van der Waals surface area contributed by atoms with E-state index in [9.17, 15) is 9.00 Å². The number of hydrogen-bond donors (Lipinski definition) is 1. The first-order valence-electron chi connectivity index (χ1n) is 9.28. The van der Waals surface area contributed by atoms with Crippen molar-refractivity contribution in [1.29, 1.82) is 0 Å². The lowest BCUT2D eigenvalue weighted by molar-refractivity contribution is 0.0925. The number of furan rings is 1. The summed E-state index contributed by atoms with van der Waals surface area (Å²) in [7, 11) is -1.35. The third-order valence-electron chi connectivity index (χ3n) is 4.17. The number of benzene rings is 2. The first kappa shape index (κ1) is 21.1. The molecule has 1 N–H and O–H groups in total. The van der Waals surface area contributed by atoms with Gasteiger partial charge >= 0.3 is 0 Å². The second kappa shape index (κ2) is 10.3. The van der Waals surface area contributed by atoms with Gasteiger partial charge in [0.25, 0.3) is 5.91 Å². The maximum absolute atomic E-state index is 12.5. The van der Waals surface area contributed by atoms with Gasteiger partial charge in [-0.2, -0.15) is 0 Å². The van der Waals surface area contributed by atoms with Crippen LogP contribution in [0.1, 0.15) is 28.8 Å². The van der Waals surface area contributed by atoms with Crippen molar-refractivity contribution in [2.45, 2.75) is 24.0 Å². The fourth-order valence-corrected chi connectivity index (χ4v) is 4.22. The van der Waals surface area contributed by atoms with Crippen LogP contribution in [0.2, 0.25) is 5.02 Å². The molecule has 0 aliphatic carbocycles. The van der Waals surface area contributed by atoms with E-state index >= 15 is 0 Å². The zero-order valence-electron chi connectivity index (χ0n) is 16.0. The maximum atomic E-state index is 12.5. The monoisotopic (exact) mass is 431 g/mol. The van der Waals surface area contributed by atoms with Crippen molar-refractivity contribution in [3.05, 3.63) is 82.8 Å². The van der Waals surface area contributed by atoms with E-state index in [1.54, 1.807) is 36.4 Å². The van der Waals surface area contributed by atoms with E-state index in [4.69, 9.17) is 20.8 Å². The van der Waals surface area contributed by atoms with Crippen LogP contribution in [0, 0.1) is 0 Å². The molecule has 152 valence electrons. The smallest absolute Gasteiger partial charge is 0.287 e. The molecule has 1 atom stereocenters. The number of amides is 1. The van der Waals surface area contributed by atoms with Crippen LogP contribution in [0.15, 0.2) is 70.0 Å². The van der Waals surface area contributed by atoms with Crippen molar-refractivity contribution in [3.63, 3.8) is 0 Å². The Morgan fingerprint density at radius 1 is 1.10 bits per heavy atom. The predicted octanol–water partition coefficient (Wildman–Crippen LogP) is 4.61. The molecule has 0 unspecified atom stereocenters. The van der Waals surface area contributed by atoms with Gasteiger partial charge in [-0.1, -0.05) is 35.9 Å². The fraction of sp³-hybridized carbons (Fsp3) is 0.227. The summed E-state index contributed by atoms with van der Waals surface area (Å²) in [4.78, 5) is 12.8. The van der Waals surface area contributed by atoms with Crippen molar-refractivity contribution in [2.24, 2.45) is 0 Å². The lowest BCUT2D eigenvalue weighted by atomic mass is 10.1. The van der Waals surface area contributed by atoms with Crippen molar-refractivity contribution < 1.29 is 18.2 Å². The molecule has 0 fully saturated rings. The van der Waals surface area contributed by atoms with Gasteiger partial charge < -0.3 is 14.5 Å². The molecule has 0 saturated carbocycles. The molecule has 2 aromatic carbocycles. The van der Waals surface area contributed by atoms with Gasteiger partial charge in [0, 0.05) is 6.54 Å². The molecule has 0 saturated heterocycles. The van der Waals surface area contributed by atoms with Gasteiger partial charge in [0.05, 0.1) is 33.1 Å². The van der Waals surface area contributed by atoms with Gasteiger partial charge in [-0.15, -0.1) is 0 Å². The third kappa shape index (κ3) is 5.95. The summed E-state index contributed by atoms with van der Waals surface area (Å²) in [5.41, 5.74) is 1.10. The first-order valence-corrected chi connectivity index (χ1v) is 11.0. The summed E-state index contributed by atoms with van der Waals surface area (Å²) in [6.07, 6.45) is 0.697. The second-order valence-corrected chi connectivity index (χ2v) is 8.10. The largest absolute Gasteiger partial charge is 0.494 e. The van der Waals surface area contributed by atoms with Gasteiger partial charge in [0.2, 0.25) is 0 Å². The fourth-order valence-electron chi connectivity index (χ4n) is 2.74. The summed E-state index contributed by atoms with van der Waals surface area (Å²) in [5.74, 6) is 1.36. The highest BCUT2D eigenvalue weighted by Crippen LogP contribution is 2.22. The summed E-state index contributed by atoms with van der Waals surface area (Å²) >= 11 is 6.08. The molecule has 0 aliphatic rings. The molecule has 0 radical (unpaired) electrons. The highest BCUT2D eigenvalue weighted by Gasteiger charge is 2.14. The van der Waals surface area contributed by atoms with Crippen LogP contribution in [-0.2, 0) is 23.0 Å². The molecule has 29 heavy (non-hydrogen) atoms. The van der Waals surface area contributed by atoms with E-state index in [0.29, 0.717) is 35.3 Å². The standard InChI is InChI=1S/C22H22ClNO4S/c1-2-27-17-9-7-16(8-10-17)13-14-24-22(25)20-12-11-18(28-20)15-29(26)21-6-4-3-5-19(21)23/h3-12H,2,13-15H2,1H3,(H,24,25)/t29-/m1/s1. The topological polar surface area (TPSA) is 68.5 Å². The Balaban J connectivity index is 1.50. The quantitative estimate of drug-likeness (QED) is 0.537. The molecule has 0 bridgehead atoms. The summed E-state index contributed by atoms with van der Waals surface area (Å²) in [6, 6.07) is 18.0. The second-order valence-electron chi connectivity index (χ2n) is 6.27. The third-order valence-corrected chi connectivity index (χ3v) is 6.01. The average Bonchev–Trinajstić information content (AvgIpc) is 3.18. The number of carbonyl (C=O) groups is 1. The van der Waals surface area contributed by atoms with Gasteiger partial charge in [-0.3, -0.25) is 9.00 Å². The molecule has 1 heterocycles. The number of carbonyl (C=O) groups excluding carboxylic acids is 1. The zero-order chi connectivity index (χ0) is 20.6. The molecule has 0 aliphatic heterocycles. The Morgan fingerprint density at radius 3 is 2.59 bits per heavy atom. The molecular formula is C22H22ClNO4S. The first-order chi connectivity index (χ1) is 14.1. The van der Waals surface area contributed by atoms with Crippen LogP contribution >= 0.6 is 11.6 Å². The van der Waals surface area contributed by atoms with E-state index in [1.807, 2.05) is 31.2 Å². The van der Waals surface area contributed by atoms with Gasteiger partial charge in [-0.25, -0.2) is 0 Å². The van der Waals surface area contributed by atoms with Crippen LogP contribution in [0.3, 0.4) is 0 Å². The van der Waals surface area contributed by atoms with Crippen molar-refractivity contribution in [2.75, 3.05) is 13.2 Å². The number of rotatable bonds is 9. The minimum atomic E-state index is -1.35. The molecule has 1 amide bonds. The van der Waals surface area contributed by atoms with Crippen LogP contribution in [-0.4, -0.2) is 23.3 Å². The average molecular weight is 432 g/mol. The number of nitrogens with one attached hydrogen (secondary N) is 1. The number of halogens is 1. The minimum Gasteiger partial charge on any atom is -0.494 e. The lowest BCUT2D eigenvalue weighted by Crippen LogP contribution is -2.25. The Hall–Kier alpha value is -2.57.